The van der Waals surface area contributed by atoms with Gasteiger partial charge in [-0.05, 0) is 24.3 Å². The molecule has 0 saturated carbocycles. The fraction of sp³-hybridized carbons (Fsp3) is 0.250. The van der Waals surface area contributed by atoms with Crippen LogP contribution >= 0.6 is 0 Å². The van der Waals surface area contributed by atoms with Crippen LogP contribution in [0.15, 0.2) is 28.7 Å². The van der Waals surface area contributed by atoms with Gasteiger partial charge in [-0.25, -0.2) is 0 Å². The highest BCUT2D eigenvalue weighted by molar-refractivity contribution is 5.92. The number of carbonyl (C=O) groups is 1. The van der Waals surface area contributed by atoms with Gasteiger partial charge in [0.15, 0.2) is 6.61 Å². The first-order valence-electron chi connectivity index (χ1n) is 5.53. The molecule has 2 aromatic rings. The summed E-state index contributed by atoms with van der Waals surface area (Å²) in [5, 5.41) is 7.66. The highest BCUT2D eigenvalue weighted by Crippen LogP contribution is 2.13. The van der Waals surface area contributed by atoms with Crippen LogP contribution in [0.3, 0.4) is 0 Å². The monoisotopic (exact) mass is 247 g/mol. The van der Waals surface area contributed by atoms with Gasteiger partial charge in [-0.3, -0.25) is 4.79 Å². The third-order valence-electron chi connectivity index (χ3n) is 2.31. The molecule has 2 rings (SSSR count). The molecule has 94 valence electrons. The SMILES string of the molecule is CCc1nnc(COc2ccc(C(N)=O)cc2)o1. The average molecular weight is 247 g/mol. The molecule has 1 amide bonds. The summed E-state index contributed by atoms with van der Waals surface area (Å²) in [7, 11) is 0. The molecule has 0 bridgehead atoms. The summed E-state index contributed by atoms with van der Waals surface area (Å²) in [6.07, 6.45) is 0.695. The predicted octanol–water partition coefficient (Wildman–Crippen LogP) is 1.31. The zero-order chi connectivity index (χ0) is 13.0. The van der Waals surface area contributed by atoms with Crippen molar-refractivity contribution in [3.63, 3.8) is 0 Å². The summed E-state index contributed by atoms with van der Waals surface area (Å²) < 4.78 is 10.7. The minimum Gasteiger partial charge on any atom is -0.484 e. The molecule has 1 aromatic heterocycles. The molecule has 0 atom stereocenters. The Morgan fingerprint density at radius 1 is 1.28 bits per heavy atom. The van der Waals surface area contributed by atoms with E-state index in [1.807, 2.05) is 6.92 Å². The van der Waals surface area contributed by atoms with Crippen molar-refractivity contribution in [2.24, 2.45) is 5.73 Å². The second-order valence-corrected chi connectivity index (χ2v) is 3.62. The second-order valence-electron chi connectivity index (χ2n) is 3.62. The maximum atomic E-state index is 10.9. The van der Waals surface area contributed by atoms with E-state index in [9.17, 15) is 4.79 Å². The number of hydrogen-bond acceptors (Lipinski definition) is 5. The van der Waals surface area contributed by atoms with Crippen molar-refractivity contribution >= 4 is 5.91 Å². The predicted molar refractivity (Wildman–Crippen MR) is 63.0 cm³/mol. The highest BCUT2D eigenvalue weighted by atomic mass is 16.5. The molecule has 18 heavy (non-hydrogen) atoms. The van der Waals surface area contributed by atoms with Crippen LogP contribution in [-0.4, -0.2) is 16.1 Å². The third-order valence-corrected chi connectivity index (χ3v) is 2.31. The van der Waals surface area contributed by atoms with Gasteiger partial charge in [0, 0.05) is 12.0 Å². The Kier molecular flexibility index (Phi) is 3.57. The normalized spacial score (nSPS) is 10.3. The minimum atomic E-state index is -0.467. The topological polar surface area (TPSA) is 91.2 Å². The Bertz CT molecular complexity index is 534. The Hall–Kier alpha value is -2.37. The average Bonchev–Trinajstić information content (AvgIpc) is 2.85. The minimum absolute atomic E-state index is 0.197. The summed E-state index contributed by atoms with van der Waals surface area (Å²) in [5.74, 6) is 1.14. The number of carbonyl (C=O) groups excluding carboxylic acids is 1. The molecule has 1 aromatic carbocycles. The van der Waals surface area contributed by atoms with E-state index in [4.69, 9.17) is 14.9 Å². The van der Waals surface area contributed by atoms with Crippen LogP contribution in [0.5, 0.6) is 5.75 Å². The van der Waals surface area contributed by atoms with Gasteiger partial charge in [0.2, 0.25) is 11.8 Å². The van der Waals surface area contributed by atoms with E-state index in [1.54, 1.807) is 24.3 Å². The summed E-state index contributed by atoms with van der Waals surface area (Å²) in [5.41, 5.74) is 5.57. The van der Waals surface area contributed by atoms with E-state index < -0.39 is 5.91 Å². The molecule has 0 aliphatic heterocycles. The van der Waals surface area contributed by atoms with Crippen molar-refractivity contribution in [1.29, 1.82) is 0 Å². The van der Waals surface area contributed by atoms with Crippen LogP contribution in [0.2, 0.25) is 0 Å². The number of nitrogens with zero attached hydrogens (tertiary/aromatic N) is 2. The second kappa shape index (κ2) is 5.31. The fourth-order valence-corrected chi connectivity index (χ4v) is 1.35. The van der Waals surface area contributed by atoms with Gasteiger partial charge in [0.1, 0.15) is 5.75 Å². The van der Waals surface area contributed by atoms with Gasteiger partial charge in [-0.1, -0.05) is 6.92 Å². The zero-order valence-corrected chi connectivity index (χ0v) is 9.92. The van der Waals surface area contributed by atoms with Crippen LogP contribution in [0.4, 0.5) is 0 Å². The molecular weight excluding hydrogens is 234 g/mol. The van der Waals surface area contributed by atoms with Crippen LogP contribution in [-0.2, 0) is 13.0 Å². The lowest BCUT2D eigenvalue weighted by Crippen LogP contribution is -2.10. The number of amides is 1. The van der Waals surface area contributed by atoms with E-state index in [0.29, 0.717) is 29.5 Å². The first kappa shape index (κ1) is 12.1. The highest BCUT2D eigenvalue weighted by Gasteiger charge is 2.05. The number of aromatic nitrogens is 2. The maximum Gasteiger partial charge on any atom is 0.253 e. The molecular formula is C12H13N3O3. The Balaban J connectivity index is 1.95. The van der Waals surface area contributed by atoms with Crippen molar-refractivity contribution in [3.8, 4) is 5.75 Å². The van der Waals surface area contributed by atoms with Gasteiger partial charge in [0.05, 0.1) is 0 Å². The Morgan fingerprint density at radius 2 is 1.94 bits per heavy atom. The van der Waals surface area contributed by atoms with Crippen LogP contribution in [0.1, 0.15) is 29.1 Å². The molecule has 0 saturated heterocycles. The number of ether oxygens (including phenoxy) is 1. The number of aryl methyl sites for hydroxylation is 1. The van der Waals surface area contributed by atoms with Crippen LogP contribution < -0.4 is 10.5 Å². The lowest BCUT2D eigenvalue weighted by Gasteiger charge is -2.03. The first-order chi connectivity index (χ1) is 8.69. The van der Waals surface area contributed by atoms with E-state index in [-0.39, 0.29) is 6.61 Å². The largest absolute Gasteiger partial charge is 0.484 e. The standard InChI is InChI=1S/C12H13N3O3/c1-2-10-14-15-11(18-10)7-17-9-5-3-8(4-6-9)12(13)16/h3-6H,2,7H2,1H3,(H2,13,16). The quantitative estimate of drug-likeness (QED) is 0.860. The van der Waals surface area contributed by atoms with Gasteiger partial charge in [-0.2, -0.15) is 0 Å². The van der Waals surface area contributed by atoms with Gasteiger partial charge >= 0.3 is 0 Å². The molecule has 0 radical (unpaired) electrons. The number of benzene rings is 1. The molecule has 6 heteroatoms. The maximum absolute atomic E-state index is 10.9. The molecule has 2 N–H and O–H groups in total. The van der Waals surface area contributed by atoms with Crippen molar-refractivity contribution in [2.75, 3.05) is 0 Å². The molecule has 0 unspecified atom stereocenters. The van der Waals surface area contributed by atoms with Crippen molar-refractivity contribution in [2.45, 2.75) is 20.0 Å². The molecule has 0 spiro atoms. The molecule has 0 aliphatic carbocycles. The molecule has 0 aliphatic rings. The zero-order valence-electron chi connectivity index (χ0n) is 9.92. The van der Waals surface area contributed by atoms with Crippen molar-refractivity contribution in [1.82, 2.24) is 10.2 Å². The first-order valence-corrected chi connectivity index (χ1v) is 5.53. The van der Waals surface area contributed by atoms with E-state index in [2.05, 4.69) is 10.2 Å². The van der Waals surface area contributed by atoms with Gasteiger partial charge in [0.25, 0.3) is 5.89 Å². The number of primary amides is 1. The fourth-order valence-electron chi connectivity index (χ4n) is 1.35. The third kappa shape index (κ3) is 2.85. The van der Waals surface area contributed by atoms with E-state index in [1.165, 1.54) is 0 Å². The lowest BCUT2D eigenvalue weighted by molar-refractivity contribution is 0.1000. The Morgan fingerprint density at radius 3 is 2.50 bits per heavy atom. The lowest BCUT2D eigenvalue weighted by atomic mass is 10.2. The van der Waals surface area contributed by atoms with E-state index >= 15 is 0 Å². The molecule has 0 fully saturated rings. The molecule has 1 heterocycles. The van der Waals surface area contributed by atoms with Gasteiger partial charge in [-0.15, -0.1) is 10.2 Å². The summed E-state index contributed by atoms with van der Waals surface area (Å²) in [6.45, 7) is 2.13. The van der Waals surface area contributed by atoms with Crippen molar-refractivity contribution < 1.29 is 13.9 Å². The number of rotatable bonds is 5. The summed E-state index contributed by atoms with van der Waals surface area (Å²) in [4.78, 5) is 10.9. The number of nitrogens with two attached hydrogens (primary N) is 1. The summed E-state index contributed by atoms with van der Waals surface area (Å²) in [6, 6.07) is 6.53. The Labute approximate surface area is 104 Å². The van der Waals surface area contributed by atoms with Gasteiger partial charge < -0.3 is 14.9 Å². The van der Waals surface area contributed by atoms with Crippen molar-refractivity contribution in [3.05, 3.63) is 41.6 Å². The van der Waals surface area contributed by atoms with Crippen LogP contribution in [0, 0.1) is 0 Å². The van der Waals surface area contributed by atoms with Crippen LogP contribution in [0.25, 0.3) is 0 Å². The molecule has 6 nitrogen and oxygen atoms in total. The van der Waals surface area contributed by atoms with E-state index in [0.717, 1.165) is 0 Å². The summed E-state index contributed by atoms with van der Waals surface area (Å²) >= 11 is 0. The smallest absolute Gasteiger partial charge is 0.253 e. The number of hydrogen-bond donors (Lipinski definition) is 1.